The highest BCUT2D eigenvalue weighted by atomic mass is 35.5. The molecule has 186 valence electrons. The zero-order valence-corrected chi connectivity index (χ0v) is 21.5. The van der Waals surface area contributed by atoms with Crippen LogP contribution in [0.15, 0.2) is 36.4 Å². The molecule has 1 N–H and O–H groups in total. The van der Waals surface area contributed by atoms with Crippen molar-refractivity contribution in [1.29, 1.82) is 0 Å². The van der Waals surface area contributed by atoms with Gasteiger partial charge in [-0.1, -0.05) is 29.3 Å². The van der Waals surface area contributed by atoms with Crippen molar-refractivity contribution in [1.82, 2.24) is 14.9 Å². The van der Waals surface area contributed by atoms with E-state index in [-0.39, 0.29) is 24.0 Å². The van der Waals surface area contributed by atoms with Crippen molar-refractivity contribution < 1.29 is 14.3 Å². The van der Waals surface area contributed by atoms with Crippen molar-refractivity contribution in [2.24, 2.45) is 5.92 Å². The predicted octanol–water partition coefficient (Wildman–Crippen LogP) is 5.24. The van der Waals surface area contributed by atoms with Crippen molar-refractivity contribution in [3.05, 3.63) is 46.4 Å². The minimum absolute atomic E-state index is 0.00339. The van der Waals surface area contributed by atoms with Crippen LogP contribution < -0.4 is 15.0 Å². The number of hydrogen-bond donors (Lipinski definition) is 1. The number of halogens is 2. The van der Waals surface area contributed by atoms with Gasteiger partial charge in [-0.2, -0.15) is 0 Å². The van der Waals surface area contributed by atoms with E-state index in [1.165, 1.54) is 0 Å². The Morgan fingerprint density at radius 2 is 1.91 bits per heavy atom. The first-order chi connectivity index (χ1) is 16.9. The average molecular weight is 517 g/mol. The van der Waals surface area contributed by atoms with E-state index in [0.29, 0.717) is 16.7 Å². The SMILES string of the molecule is CC(C)Oc1cccc(-n2c(N3CCC(C(=O)N[C@@H]4CCOC4)CC3)nc3cc(Cl)c(Cl)cc32)c1. The largest absolute Gasteiger partial charge is 0.491 e. The number of nitrogens with zero attached hydrogens (tertiary/aromatic N) is 3. The van der Waals surface area contributed by atoms with Crippen LogP contribution in [0.5, 0.6) is 5.75 Å². The number of hydrogen-bond acceptors (Lipinski definition) is 5. The molecule has 0 unspecified atom stereocenters. The molecule has 0 saturated carbocycles. The van der Waals surface area contributed by atoms with Gasteiger partial charge in [0.15, 0.2) is 0 Å². The van der Waals surface area contributed by atoms with Crippen molar-refractivity contribution in [2.45, 2.75) is 45.3 Å². The number of imidazole rings is 1. The maximum atomic E-state index is 12.8. The summed E-state index contributed by atoms with van der Waals surface area (Å²) in [7, 11) is 0. The molecule has 0 bridgehead atoms. The van der Waals surface area contributed by atoms with Crippen LogP contribution in [-0.2, 0) is 9.53 Å². The minimum atomic E-state index is -0.00339. The highest BCUT2D eigenvalue weighted by Crippen LogP contribution is 2.35. The monoisotopic (exact) mass is 516 g/mol. The number of benzene rings is 2. The summed E-state index contributed by atoms with van der Waals surface area (Å²) in [6.07, 6.45) is 2.49. The Kier molecular flexibility index (Phi) is 7.09. The van der Waals surface area contributed by atoms with Gasteiger partial charge in [-0.05, 0) is 57.4 Å². The van der Waals surface area contributed by atoms with Crippen molar-refractivity contribution in [3.63, 3.8) is 0 Å². The lowest BCUT2D eigenvalue weighted by molar-refractivity contribution is -0.126. The number of anilines is 1. The van der Waals surface area contributed by atoms with Crippen LogP contribution in [-0.4, -0.2) is 53.9 Å². The molecule has 2 aliphatic heterocycles. The van der Waals surface area contributed by atoms with Crippen molar-refractivity contribution >= 4 is 46.1 Å². The van der Waals surface area contributed by atoms with Crippen LogP contribution in [0.25, 0.3) is 16.7 Å². The zero-order chi connectivity index (χ0) is 24.5. The summed E-state index contributed by atoms with van der Waals surface area (Å²) in [6, 6.07) is 11.8. The molecule has 1 atom stereocenters. The number of piperidine rings is 1. The normalized spacial score (nSPS) is 19.0. The molecule has 2 aromatic carbocycles. The molecule has 3 heterocycles. The average Bonchev–Trinajstić information content (AvgIpc) is 3.47. The molecule has 3 aromatic rings. The Bertz CT molecular complexity index is 1210. The Morgan fingerprint density at radius 3 is 2.63 bits per heavy atom. The second-order valence-electron chi connectivity index (χ2n) is 9.50. The fourth-order valence-corrected chi connectivity index (χ4v) is 5.12. The van der Waals surface area contributed by atoms with Crippen molar-refractivity contribution in [2.75, 3.05) is 31.2 Å². The number of ether oxygens (including phenoxy) is 2. The molecule has 1 aromatic heterocycles. The Morgan fingerprint density at radius 1 is 1.14 bits per heavy atom. The van der Waals surface area contributed by atoms with E-state index in [9.17, 15) is 4.79 Å². The zero-order valence-electron chi connectivity index (χ0n) is 20.0. The van der Waals surface area contributed by atoms with Crippen LogP contribution in [0.1, 0.15) is 33.1 Å². The summed E-state index contributed by atoms with van der Waals surface area (Å²) in [5.74, 6) is 1.72. The van der Waals surface area contributed by atoms with E-state index in [4.69, 9.17) is 37.7 Å². The first-order valence-electron chi connectivity index (χ1n) is 12.2. The predicted molar refractivity (Wildman–Crippen MR) is 139 cm³/mol. The lowest BCUT2D eigenvalue weighted by Gasteiger charge is -2.33. The van der Waals surface area contributed by atoms with E-state index in [1.807, 2.05) is 44.2 Å². The molecule has 7 nitrogen and oxygen atoms in total. The maximum absolute atomic E-state index is 12.8. The van der Waals surface area contributed by atoms with E-state index in [2.05, 4.69) is 14.8 Å². The molecule has 9 heteroatoms. The van der Waals surface area contributed by atoms with Crippen LogP contribution in [0.2, 0.25) is 10.0 Å². The molecule has 0 spiro atoms. The second kappa shape index (κ2) is 10.2. The number of nitrogens with one attached hydrogen (secondary N) is 1. The molecule has 1 amide bonds. The first-order valence-corrected chi connectivity index (χ1v) is 12.9. The molecular formula is C26H30Cl2N4O3. The molecule has 5 rings (SSSR count). The number of rotatable bonds is 6. The number of carbonyl (C=O) groups excluding carboxylic acids is 1. The third-order valence-corrected chi connectivity index (χ3v) is 7.27. The quantitative estimate of drug-likeness (QED) is 0.485. The van der Waals surface area contributed by atoms with E-state index < -0.39 is 0 Å². The lowest BCUT2D eigenvalue weighted by Crippen LogP contribution is -2.44. The van der Waals surface area contributed by atoms with E-state index >= 15 is 0 Å². The highest BCUT2D eigenvalue weighted by molar-refractivity contribution is 6.42. The standard InChI is InChI=1S/C26H30Cl2N4O3/c1-16(2)35-20-5-3-4-19(12-20)32-24-14-22(28)21(27)13-23(24)30-26(32)31-9-6-17(7-10-31)25(33)29-18-8-11-34-15-18/h3-5,12-14,16-18H,6-11,15H2,1-2H3,(H,29,33)/t18-/m1/s1. The first kappa shape index (κ1) is 24.2. The van der Waals surface area contributed by atoms with Gasteiger partial charge in [0.05, 0.1) is 45.5 Å². The summed E-state index contributed by atoms with van der Waals surface area (Å²) in [4.78, 5) is 20.0. The third-order valence-electron chi connectivity index (χ3n) is 6.55. The Hall–Kier alpha value is -2.48. The Balaban J connectivity index is 1.44. The molecule has 35 heavy (non-hydrogen) atoms. The number of amides is 1. The maximum Gasteiger partial charge on any atom is 0.223 e. The van der Waals surface area contributed by atoms with Crippen LogP contribution in [0, 0.1) is 5.92 Å². The van der Waals surface area contributed by atoms with Gasteiger partial charge in [0.25, 0.3) is 0 Å². The third kappa shape index (κ3) is 5.22. The summed E-state index contributed by atoms with van der Waals surface area (Å²) in [5, 5.41) is 4.10. The van der Waals surface area contributed by atoms with Crippen molar-refractivity contribution in [3.8, 4) is 11.4 Å². The van der Waals surface area contributed by atoms with Gasteiger partial charge in [0.1, 0.15) is 5.75 Å². The summed E-state index contributed by atoms with van der Waals surface area (Å²) >= 11 is 12.7. The fourth-order valence-electron chi connectivity index (χ4n) is 4.80. The van der Waals surface area contributed by atoms with Gasteiger partial charge in [-0.15, -0.1) is 0 Å². The number of aromatic nitrogens is 2. The summed E-state index contributed by atoms with van der Waals surface area (Å²) < 4.78 is 13.4. The lowest BCUT2D eigenvalue weighted by atomic mass is 9.95. The smallest absolute Gasteiger partial charge is 0.223 e. The molecule has 2 aliphatic rings. The molecule has 2 fully saturated rings. The summed E-state index contributed by atoms with van der Waals surface area (Å²) in [5.41, 5.74) is 2.57. The van der Waals surface area contributed by atoms with Gasteiger partial charge in [-0.3, -0.25) is 9.36 Å². The number of fused-ring (bicyclic) bond motifs is 1. The number of carbonyl (C=O) groups is 1. The van der Waals surface area contributed by atoms with Gasteiger partial charge in [0.2, 0.25) is 11.9 Å². The molecule has 2 saturated heterocycles. The van der Waals surface area contributed by atoms with E-state index in [1.54, 1.807) is 6.07 Å². The highest BCUT2D eigenvalue weighted by Gasteiger charge is 2.30. The van der Waals surface area contributed by atoms with Gasteiger partial charge >= 0.3 is 0 Å². The van der Waals surface area contributed by atoms with Gasteiger partial charge < -0.3 is 19.7 Å². The van der Waals surface area contributed by atoms with Crippen LogP contribution in [0.4, 0.5) is 5.95 Å². The topological polar surface area (TPSA) is 68.6 Å². The Labute approximate surface area is 215 Å². The second-order valence-corrected chi connectivity index (χ2v) is 10.3. The molecule has 0 radical (unpaired) electrons. The minimum Gasteiger partial charge on any atom is -0.491 e. The van der Waals surface area contributed by atoms with Crippen LogP contribution in [0.3, 0.4) is 0 Å². The fraction of sp³-hybridized carbons (Fsp3) is 0.462. The molecule has 0 aliphatic carbocycles. The van der Waals surface area contributed by atoms with E-state index in [0.717, 1.165) is 67.4 Å². The van der Waals surface area contributed by atoms with Crippen LogP contribution >= 0.6 is 23.2 Å². The molecular weight excluding hydrogens is 487 g/mol. The van der Waals surface area contributed by atoms with Gasteiger partial charge in [-0.25, -0.2) is 4.98 Å². The van der Waals surface area contributed by atoms with Gasteiger partial charge in [0, 0.05) is 31.7 Å². The summed E-state index contributed by atoms with van der Waals surface area (Å²) in [6.45, 7) is 6.80.